The number of ether oxygens (including phenoxy) is 1. The Bertz CT molecular complexity index is 545. The maximum absolute atomic E-state index is 11.9. The summed E-state index contributed by atoms with van der Waals surface area (Å²) in [6.45, 7) is 7.46. The Morgan fingerprint density at radius 1 is 0.595 bits per heavy atom. The summed E-state index contributed by atoms with van der Waals surface area (Å²) < 4.78 is 5.42. The second-order valence-electron chi connectivity index (χ2n) is 11.0. The van der Waals surface area contributed by atoms with Crippen LogP contribution in [0.15, 0.2) is 36.5 Å². The Morgan fingerprint density at radius 3 is 1.68 bits per heavy atom. The van der Waals surface area contributed by atoms with Crippen molar-refractivity contribution in [2.75, 3.05) is 6.61 Å². The molecule has 1 unspecified atom stereocenters. The molecule has 0 aliphatic heterocycles. The second kappa shape index (κ2) is 30.9. The van der Waals surface area contributed by atoms with Crippen LogP contribution in [0.4, 0.5) is 0 Å². The first-order valence-electron chi connectivity index (χ1n) is 16.3. The maximum Gasteiger partial charge on any atom is 0.305 e. The summed E-state index contributed by atoms with van der Waals surface area (Å²) in [4.78, 5) is 11.9. The van der Waals surface area contributed by atoms with Crippen LogP contribution < -0.4 is 0 Å². The molecule has 0 aliphatic carbocycles. The van der Waals surface area contributed by atoms with Gasteiger partial charge in [0.1, 0.15) is 0 Å². The zero-order chi connectivity index (χ0) is 27.1. The molecule has 1 atom stereocenters. The molecule has 2 nitrogen and oxygen atoms in total. The molecule has 0 aliphatic rings. The van der Waals surface area contributed by atoms with Crippen LogP contribution in [-0.4, -0.2) is 12.6 Å². The van der Waals surface area contributed by atoms with Crippen molar-refractivity contribution in [3.8, 4) is 0 Å². The van der Waals surface area contributed by atoms with Gasteiger partial charge < -0.3 is 4.74 Å². The first-order chi connectivity index (χ1) is 18.2. The molecule has 216 valence electrons. The van der Waals surface area contributed by atoms with Crippen LogP contribution in [0.25, 0.3) is 0 Å². The van der Waals surface area contributed by atoms with E-state index in [9.17, 15) is 4.79 Å². The van der Waals surface area contributed by atoms with Gasteiger partial charge in [0.2, 0.25) is 0 Å². The molecule has 0 N–H and O–H groups in total. The average molecular weight is 517 g/mol. The van der Waals surface area contributed by atoms with Crippen LogP contribution >= 0.6 is 0 Å². The molecule has 0 amide bonds. The summed E-state index contributed by atoms with van der Waals surface area (Å²) in [6, 6.07) is 0. The van der Waals surface area contributed by atoms with Gasteiger partial charge in [0.15, 0.2) is 0 Å². The van der Waals surface area contributed by atoms with Crippen LogP contribution in [0.2, 0.25) is 0 Å². The first-order valence-corrected chi connectivity index (χ1v) is 16.3. The van der Waals surface area contributed by atoms with E-state index in [1.807, 2.05) is 0 Å². The van der Waals surface area contributed by atoms with Crippen molar-refractivity contribution in [1.82, 2.24) is 0 Å². The summed E-state index contributed by atoms with van der Waals surface area (Å²) in [6.07, 6.45) is 41.8. The third-order valence-electron chi connectivity index (χ3n) is 7.33. The van der Waals surface area contributed by atoms with E-state index in [-0.39, 0.29) is 5.97 Å². The summed E-state index contributed by atoms with van der Waals surface area (Å²) in [7, 11) is 0. The quantitative estimate of drug-likeness (QED) is 0.0587. The van der Waals surface area contributed by atoms with Crippen molar-refractivity contribution in [2.24, 2.45) is 5.92 Å². The zero-order valence-electron chi connectivity index (χ0n) is 25.3. The number of unbranched alkanes of at least 4 members (excludes halogenated alkanes) is 15. The monoisotopic (exact) mass is 516 g/mol. The predicted octanol–water partition coefficient (Wildman–Crippen LogP) is 11.8. The van der Waals surface area contributed by atoms with E-state index in [0.717, 1.165) is 44.4 Å². The molecule has 0 aromatic rings. The Hall–Kier alpha value is -1.31. The van der Waals surface area contributed by atoms with E-state index in [0.29, 0.717) is 13.0 Å². The van der Waals surface area contributed by atoms with Crippen LogP contribution in [0.5, 0.6) is 0 Å². The van der Waals surface area contributed by atoms with Crippen LogP contribution in [0, 0.1) is 5.92 Å². The minimum atomic E-state index is 0.00493. The second-order valence-corrected chi connectivity index (χ2v) is 11.0. The topological polar surface area (TPSA) is 26.3 Å². The highest BCUT2D eigenvalue weighted by molar-refractivity contribution is 5.69. The van der Waals surface area contributed by atoms with Gasteiger partial charge in [-0.15, -0.1) is 0 Å². The fourth-order valence-electron chi connectivity index (χ4n) is 4.54. The fraction of sp³-hybridized carbons (Fsp3) is 0.800. The van der Waals surface area contributed by atoms with Gasteiger partial charge in [-0.05, 0) is 50.9 Å². The molecular weight excluding hydrogens is 452 g/mol. The molecule has 0 radical (unpaired) electrons. The Balaban J connectivity index is 3.26. The third kappa shape index (κ3) is 30.8. The van der Waals surface area contributed by atoms with E-state index in [1.54, 1.807) is 0 Å². The number of hydrogen-bond acceptors (Lipinski definition) is 2. The van der Waals surface area contributed by atoms with Crippen molar-refractivity contribution in [1.29, 1.82) is 0 Å². The van der Waals surface area contributed by atoms with Crippen LogP contribution in [-0.2, 0) is 9.53 Å². The molecule has 0 fully saturated rings. The molecule has 0 spiro atoms. The van der Waals surface area contributed by atoms with Crippen molar-refractivity contribution in [3.63, 3.8) is 0 Å². The van der Waals surface area contributed by atoms with Gasteiger partial charge in [-0.1, -0.05) is 154 Å². The summed E-state index contributed by atoms with van der Waals surface area (Å²) in [5.41, 5.74) is 0. The Labute approximate surface area is 232 Å². The van der Waals surface area contributed by atoms with E-state index in [2.05, 4.69) is 57.2 Å². The fourth-order valence-corrected chi connectivity index (χ4v) is 4.54. The molecule has 2 heteroatoms. The molecule has 0 bridgehead atoms. The summed E-state index contributed by atoms with van der Waals surface area (Å²) in [5.74, 6) is 0.920. The summed E-state index contributed by atoms with van der Waals surface area (Å²) in [5, 5.41) is 0. The van der Waals surface area contributed by atoms with Crippen LogP contribution in [0.1, 0.15) is 168 Å². The number of hydrogen-bond donors (Lipinski definition) is 0. The van der Waals surface area contributed by atoms with E-state index >= 15 is 0 Å². The highest BCUT2D eigenvalue weighted by Gasteiger charge is 2.02. The lowest BCUT2D eigenvalue weighted by Crippen LogP contribution is -2.05. The van der Waals surface area contributed by atoms with Crippen LogP contribution in [0.3, 0.4) is 0 Å². The zero-order valence-corrected chi connectivity index (χ0v) is 25.3. The minimum absolute atomic E-state index is 0.00493. The van der Waals surface area contributed by atoms with Crippen molar-refractivity contribution < 1.29 is 9.53 Å². The Morgan fingerprint density at radius 2 is 1.08 bits per heavy atom. The molecule has 37 heavy (non-hydrogen) atoms. The molecule has 0 saturated heterocycles. The predicted molar refractivity (Wildman–Crippen MR) is 165 cm³/mol. The molecule has 0 rings (SSSR count). The molecule has 0 aromatic carbocycles. The SMILES string of the molecule is CC/C=C\C/C=C\C/C=C\CCCCCCCC(=O)OCCCCCCCCCCCCCC(C)CC. The van der Waals surface area contributed by atoms with Gasteiger partial charge in [-0.2, -0.15) is 0 Å². The standard InChI is InChI=1S/C35H64O2/c1-4-6-7-8-9-10-11-12-13-14-17-20-23-26-29-32-35(36)37-33-30-27-24-21-18-15-16-19-22-25-28-31-34(3)5-2/h6-7,9-10,12-13,34H,4-5,8,11,14-33H2,1-3H3/b7-6-,10-9-,13-12-. The van der Waals surface area contributed by atoms with Gasteiger partial charge in [-0.3, -0.25) is 4.79 Å². The smallest absolute Gasteiger partial charge is 0.305 e. The number of carbonyl (C=O) groups is 1. The van der Waals surface area contributed by atoms with Gasteiger partial charge in [-0.25, -0.2) is 0 Å². The lowest BCUT2D eigenvalue weighted by atomic mass is 9.99. The average Bonchev–Trinajstić information content (AvgIpc) is 2.90. The number of esters is 1. The van der Waals surface area contributed by atoms with Crippen molar-refractivity contribution in [3.05, 3.63) is 36.5 Å². The number of allylic oxidation sites excluding steroid dienone is 6. The largest absolute Gasteiger partial charge is 0.466 e. The van der Waals surface area contributed by atoms with Gasteiger partial charge in [0.25, 0.3) is 0 Å². The van der Waals surface area contributed by atoms with Gasteiger partial charge >= 0.3 is 5.97 Å². The number of carbonyl (C=O) groups excluding carboxylic acids is 1. The molecule has 0 heterocycles. The first kappa shape index (κ1) is 35.7. The molecule has 0 aromatic heterocycles. The maximum atomic E-state index is 11.9. The van der Waals surface area contributed by atoms with Gasteiger partial charge in [0, 0.05) is 6.42 Å². The lowest BCUT2D eigenvalue weighted by molar-refractivity contribution is -0.143. The lowest BCUT2D eigenvalue weighted by Gasteiger charge is -2.07. The van der Waals surface area contributed by atoms with Crippen molar-refractivity contribution >= 4 is 5.97 Å². The van der Waals surface area contributed by atoms with Crippen molar-refractivity contribution in [2.45, 2.75) is 168 Å². The highest BCUT2D eigenvalue weighted by atomic mass is 16.5. The Kier molecular flexibility index (Phi) is 29.8. The highest BCUT2D eigenvalue weighted by Crippen LogP contribution is 2.15. The third-order valence-corrected chi connectivity index (χ3v) is 7.33. The molecular formula is C35H64O2. The summed E-state index contributed by atoms with van der Waals surface area (Å²) >= 11 is 0. The number of rotatable bonds is 28. The molecule has 0 saturated carbocycles. The van der Waals surface area contributed by atoms with E-state index < -0.39 is 0 Å². The normalized spacial score (nSPS) is 12.8. The minimum Gasteiger partial charge on any atom is -0.466 e. The van der Waals surface area contributed by atoms with E-state index in [1.165, 1.54) is 103 Å². The van der Waals surface area contributed by atoms with E-state index in [4.69, 9.17) is 4.74 Å². The van der Waals surface area contributed by atoms with Gasteiger partial charge in [0.05, 0.1) is 6.61 Å².